The average Bonchev–Trinajstić information content (AvgIpc) is 2.99. The minimum absolute atomic E-state index is 0.383. The van der Waals surface area contributed by atoms with Gasteiger partial charge in [0.25, 0.3) is 0 Å². The molecule has 1 aromatic carbocycles. The maximum atomic E-state index is 5.76. The van der Waals surface area contributed by atoms with Gasteiger partial charge in [-0.05, 0) is 30.8 Å². The highest BCUT2D eigenvalue weighted by atomic mass is 32.1. The number of furan rings is 1. The number of hydrogen-bond acceptors (Lipinski definition) is 4. The van der Waals surface area contributed by atoms with Gasteiger partial charge in [-0.1, -0.05) is 31.3 Å². The van der Waals surface area contributed by atoms with Gasteiger partial charge in [-0.15, -0.1) is 0 Å². The van der Waals surface area contributed by atoms with Crippen LogP contribution in [-0.4, -0.2) is 29.6 Å². The summed E-state index contributed by atoms with van der Waals surface area (Å²) in [6.07, 6.45) is 1.70. The zero-order chi connectivity index (χ0) is 15.1. The molecule has 0 atom stereocenters. The maximum absolute atomic E-state index is 5.76. The van der Waals surface area contributed by atoms with Gasteiger partial charge < -0.3 is 14.9 Å². The lowest BCUT2D eigenvalue weighted by Gasteiger charge is -2.19. The van der Waals surface area contributed by atoms with Crippen LogP contribution in [0.25, 0.3) is 0 Å². The van der Waals surface area contributed by atoms with Gasteiger partial charge in [0.1, 0.15) is 23.1 Å². The zero-order valence-corrected chi connectivity index (χ0v) is 12.9. The summed E-state index contributed by atoms with van der Waals surface area (Å²) in [4.78, 5) is 2.64. The Hall–Kier alpha value is -1.85. The number of hydrogen-bond donors (Lipinski definition) is 1. The maximum Gasteiger partial charge on any atom is 0.120 e. The molecule has 0 amide bonds. The van der Waals surface area contributed by atoms with E-state index in [-0.39, 0.29) is 0 Å². The molecule has 0 aliphatic rings. The minimum atomic E-state index is 0.383. The fourth-order valence-electron chi connectivity index (χ4n) is 2.00. The van der Waals surface area contributed by atoms with Crippen molar-refractivity contribution >= 4 is 17.2 Å². The molecular weight excluding hydrogens is 284 g/mol. The highest BCUT2D eigenvalue weighted by Gasteiger charge is 2.06. The molecule has 0 aliphatic carbocycles. The second-order valence-corrected chi connectivity index (χ2v) is 5.13. The number of likely N-dealkylation sites (N-methyl/N-ethyl adjacent to an activating group) is 1. The van der Waals surface area contributed by atoms with Crippen molar-refractivity contribution in [1.82, 2.24) is 4.90 Å². The molecule has 1 heterocycles. The van der Waals surface area contributed by atoms with Crippen LogP contribution in [0.1, 0.15) is 18.2 Å². The van der Waals surface area contributed by atoms with E-state index >= 15 is 0 Å². The van der Waals surface area contributed by atoms with Crippen molar-refractivity contribution in [1.29, 1.82) is 0 Å². The second-order valence-electron chi connectivity index (χ2n) is 4.69. The molecule has 4 nitrogen and oxygen atoms in total. The number of thiocarbonyl (C=S) groups is 1. The van der Waals surface area contributed by atoms with Crippen molar-refractivity contribution in [3.8, 4) is 5.75 Å². The van der Waals surface area contributed by atoms with Crippen molar-refractivity contribution in [2.24, 2.45) is 5.73 Å². The van der Waals surface area contributed by atoms with Gasteiger partial charge in [0.2, 0.25) is 0 Å². The highest BCUT2D eigenvalue weighted by Crippen LogP contribution is 2.13. The van der Waals surface area contributed by atoms with Gasteiger partial charge in [-0.2, -0.15) is 0 Å². The molecule has 21 heavy (non-hydrogen) atoms. The van der Waals surface area contributed by atoms with Gasteiger partial charge >= 0.3 is 0 Å². The normalized spacial score (nSPS) is 10.8. The molecule has 2 aromatic rings. The monoisotopic (exact) mass is 304 g/mol. The quantitative estimate of drug-likeness (QED) is 0.760. The van der Waals surface area contributed by atoms with Crippen molar-refractivity contribution in [2.75, 3.05) is 19.7 Å². The summed E-state index contributed by atoms with van der Waals surface area (Å²) in [6.45, 7) is 5.29. The number of nitrogens with two attached hydrogens (primary N) is 1. The van der Waals surface area contributed by atoms with E-state index in [9.17, 15) is 0 Å². The van der Waals surface area contributed by atoms with Crippen LogP contribution in [0, 0.1) is 0 Å². The Labute approximate surface area is 130 Å². The molecule has 2 rings (SSSR count). The predicted molar refractivity (Wildman–Crippen MR) is 87.5 cm³/mol. The van der Waals surface area contributed by atoms with Crippen LogP contribution in [0.2, 0.25) is 0 Å². The third kappa shape index (κ3) is 4.88. The Morgan fingerprint density at radius 2 is 2.19 bits per heavy atom. The number of rotatable bonds is 8. The van der Waals surface area contributed by atoms with Crippen molar-refractivity contribution < 1.29 is 9.15 Å². The minimum Gasteiger partial charge on any atom is -0.492 e. The molecule has 2 N–H and O–H groups in total. The first kappa shape index (κ1) is 15.5. The first-order valence-corrected chi connectivity index (χ1v) is 7.37. The standard InChI is InChI=1S/C16H20N2O2S/c1-2-18(12-15-7-4-9-19-15)8-10-20-14-6-3-5-13(11-14)16(17)21/h3-7,9,11H,2,8,10,12H2,1H3,(H2,17,21). The number of nitrogens with zero attached hydrogens (tertiary/aromatic N) is 1. The molecule has 0 saturated carbocycles. The lowest BCUT2D eigenvalue weighted by Crippen LogP contribution is -2.27. The summed E-state index contributed by atoms with van der Waals surface area (Å²) in [6, 6.07) is 11.4. The fourth-order valence-corrected chi connectivity index (χ4v) is 2.13. The average molecular weight is 304 g/mol. The molecule has 0 fully saturated rings. The van der Waals surface area contributed by atoms with E-state index in [4.69, 9.17) is 27.1 Å². The van der Waals surface area contributed by atoms with Crippen LogP contribution in [0.4, 0.5) is 0 Å². The fraction of sp³-hybridized carbons (Fsp3) is 0.312. The van der Waals surface area contributed by atoms with Crippen molar-refractivity contribution in [3.63, 3.8) is 0 Å². The Balaban J connectivity index is 1.82. The Bertz CT molecular complexity index is 569. The van der Waals surface area contributed by atoms with E-state index in [0.717, 1.165) is 36.7 Å². The first-order chi connectivity index (χ1) is 10.2. The van der Waals surface area contributed by atoms with Crippen LogP contribution in [0.5, 0.6) is 5.75 Å². The van der Waals surface area contributed by atoms with Gasteiger partial charge in [0.05, 0.1) is 12.8 Å². The zero-order valence-electron chi connectivity index (χ0n) is 12.1. The molecule has 5 heteroatoms. The summed E-state index contributed by atoms with van der Waals surface area (Å²) < 4.78 is 11.1. The molecule has 1 aromatic heterocycles. The van der Waals surface area contributed by atoms with Crippen LogP contribution >= 0.6 is 12.2 Å². The first-order valence-electron chi connectivity index (χ1n) is 6.96. The predicted octanol–water partition coefficient (Wildman–Crippen LogP) is 2.81. The van der Waals surface area contributed by atoms with Crippen LogP contribution in [0.15, 0.2) is 47.1 Å². The molecule has 0 saturated heterocycles. The van der Waals surface area contributed by atoms with Gasteiger partial charge in [-0.3, -0.25) is 4.90 Å². The largest absolute Gasteiger partial charge is 0.492 e. The summed E-state index contributed by atoms with van der Waals surface area (Å²) in [7, 11) is 0. The topological polar surface area (TPSA) is 51.6 Å². The summed E-state index contributed by atoms with van der Waals surface area (Å²) in [5, 5.41) is 0. The van der Waals surface area contributed by atoms with Crippen LogP contribution in [0.3, 0.4) is 0 Å². The Kier molecular flexibility index (Phi) is 5.78. The Morgan fingerprint density at radius 3 is 2.86 bits per heavy atom. The Morgan fingerprint density at radius 1 is 1.33 bits per heavy atom. The van der Waals surface area contributed by atoms with E-state index in [1.165, 1.54) is 0 Å². The van der Waals surface area contributed by atoms with E-state index in [1.807, 2.05) is 36.4 Å². The second kappa shape index (κ2) is 7.81. The summed E-state index contributed by atoms with van der Waals surface area (Å²) in [5.74, 6) is 1.75. The van der Waals surface area contributed by atoms with E-state index in [0.29, 0.717) is 11.6 Å². The SMILES string of the molecule is CCN(CCOc1cccc(C(N)=S)c1)Cc1ccco1. The molecule has 0 radical (unpaired) electrons. The van der Waals surface area contributed by atoms with E-state index in [2.05, 4.69) is 11.8 Å². The van der Waals surface area contributed by atoms with Crippen molar-refractivity contribution in [2.45, 2.75) is 13.5 Å². The van der Waals surface area contributed by atoms with Crippen LogP contribution in [-0.2, 0) is 6.54 Å². The summed E-state index contributed by atoms with van der Waals surface area (Å²) in [5.41, 5.74) is 6.44. The van der Waals surface area contributed by atoms with Gasteiger partial charge in [-0.25, -0.2) is 0 Å². The van der Waals surface area contributed by atoms with Gasteiger partial charge in [0.15, 0.2) is 0 Å². The molecule has 0 unspecified atom stereocenters. The smallest absolute Gasteiger partial charge is 0.120 e. The van der Waals surface area contributed by atoms with E-state index in [1.54, 1.807) is 6.26 Å². The van der Waals surface area contributed by atoms with Crippen LogP contribution < -0.4 is 10.5 Å². The van der Waals surface area contributed by atoms with E-state index < -0.39 is 0 Å². The van der Waals surface area contributed by atoms with Gasteiger partial charge in [0, 0.05) is 12.1 Å². The number of ether oxygens (including phenoxy) is 1. The third-order valence-electron chi connectivity index (χ3n) is 3.20. The molecule has 0 spiro atoms. The molecule has 0 aliphatic heterocycles. The number of benzene rings is 1. The molecular formula is C16H20N2O2S. The lowest BCUT2D eigenvalue weighted by molar-refractivity contribution is 0.199. The lowest BCUT2D eigenvalue weighted by atomic mass is 10.2. The molecule has 112 valence electrons. The third-order valence-corrected chi connectivity index (χ3v) is 3.44. The molecule has 0 bridgehead atoms. The highest BCUT2D eigenvalue weighted by molar-refractivity contribution is 7.80. The summed E-state index contributed by atoms with van der Waals surface area (Å²) >= 11 is 4.96. The van der Waals surface area contributed by atoms with Crippen molar-refractivity contribution in [3.05, 3.63) is 54.0 Å².